The monoisotopic (exact) mass is 278 g/mol. The number of carbonyl (C=O) groups is 2. The summed E-state index contributed by atoms with van der Waals surface area (Å²) in [6.07, 6.45) is 4.33. The first kappa shape index (κ1) is 15.3. The maximum Gasteiger partial charge on any atom is 0.335 e. The van der Waals surface area contributed by atoms with Crippen LogP contribution in [-0.2, 0) is 12.8 Å². The highest BCUT2D eigenvalue weighted by Crippen LogP contribution is 2.22. The van der Waals surface area contributed by atoms with E-state index in [-0.39, 0.29) is 24.0 Å². The highest BCUT2D eigenvalue weighted by atomic mass is 16.4. The molecule has 1 aromatic rings. The predicted octanol–water partition coefficient (Wildman–Crippen LogP) is 2.31. The Kier molecular flexibility index (Phi) is 5.34. The topological polar surface area (TPSA) is 115 Å². The van der Waals surface area contributed by atoms with Crippen LogP contribution in [0.25, 0.3) is 0 Å². The van der Waals surface area contributed by atoms with Crippen molar-refractivity contribution in [2.75, 3.05) is 0 Å². The first-order valence-corrected chi connectivity index (χ1v) is 5.72. The summed E-state index contributed by atoms with van der Waals surface area (Å²) in [6, 6.07) is 2.44. The summed E-state index contributed by atoms with van der Waals surface area (Å²) in [5.41, 5.74) is 0.519. The fourth-order valence-corrected chi connectivity index (χ4v) is 1.90. The van der Waals surface area contributed by atoms with Crippen LogP contribution in [0.3, 0.4) is 0 Å². The van der Waals surface area contributed by atoms with Crippen LogP contribution in [0.5, 0.6) is 0 Å². The molecular formula is C14H14O6. The van der Waals surface area contributed by atoms with E-state index in [1.54, 1.807) is 0 Å². The van der Waals surface area contributed by atoms with Gasteiger partial charge in [-0.15, -0.1) is 0 Å². The maximum atomic E-state index is 11.2. The van der Waals surface area contributed by atoms with Crippen molar-refractivity contribution in [1.82, 2.24) is 0 Å². The van der Waals surface area contributed by atoms with E-state index in [9.17, 15) is 9.59 Å². The van der Waals surface area contributed by atoms with Crippen LogP contribution in [0.2, 0.25) is 0 Å². The summed E-state index contributed by atoms with van der Waals surface area (Å²) < 4.78 is 0. The Morgan fingerprint density at radius 2 is 1.20 bits per heavy atom. The third-order valence-corrected chi connectivity index (χ3v) is 2.75. The summed E-state index contributed by atoms with van der Waals surface area (Å²) in [5, 5.41) is 35.7. The molecule has 0 saturated heterocycles. The molecular weight excluding hydrogens is 264 g/mol. The molecule has 0 aliphatic carbocycles. The molecule has 20 heavy (non-hydrogen) atoms. The van der Waals surface area contributed by atoms with Crippen LogP contribution in [0.1, 0.15) is 31.8 Å². The second kappa shape index (κ2) is 6.98. The van der Waals surface area contributed by atoms with E-state index < -0.39 is 11.9 Å². The number of hydrogen-bond donors (Lipinski definition) is 4. The van der Waals surface area contributed by atoms with E-state index in [4.69, 9.17) is 20.4 Å². The minimum atomic E-state index is -1.18. The Morgan fingerprint density at radius 3 is 1.45 bits per heavy atom. The third-order valence-electron chi connectivity index (χ3n) is 2.75. The van der Waals surface area contributed by atoms with Gasteiger partial charge in [0.15, 0.2) is 0 Å². The Morgan fingerprint density at radius 1 is 0.850 bits per heavy atom. The number of aliphatic hydroxyl groups is 2. The summed E-state index contributed by atoms with van der Waals surface area (Å²) >= 11 is 0. The maximum absolute atomic E-state index is 11.2. The Balaban J connectivity index is 3.53. The van der Waals surface area contributed by atoms with Gasteiger partial charge in [-0.05, 0) is 48.3 Å². The van der Waals surface area contributed by atoms with Gasteiger partial charge in [0.25, 0.3) is 0 Å². The van der Waals surface area contributed by atoms with Crippen LogP contribution in [0.4, 0.5) is 0 Å². The van der Waals surface area contributed by atoms with E-state index in [0.29, 0.717) is 11.1 Å². The largest absolute Gasteiger partial charge is 0.516 e. The fourth-order valence-electron chi connectivity index (χ4n) is 1.90. The molecule has 0 fully saturated rings. The lowest BCUT2D eigenvalue weighted by atomic mass is 9.91. The number of aliphatic hydroxyl groups excluding tert-OH is 2. The average molecular weight is 278 g/mol. The third kappa shape index (κ3) is 3.38. The van der Waals surface area contributed by atoms with Gasteiger partial charge in [0.05, 0.1) is 23.7 Å². The van der Waals surface area contributed by atoms with E-state index >= 15 is 0 Å². The first-order valence-electron chi connectivity index (χ1n) is 5.72. The Hall–Kier alpha value is -2.76. The second-order valence-corrected chi connectivity index (χ2v) is 3.91. The smallest absolute Gasteiger partial charge is 0.335 e. The summed E-state index contributed by atoms with van der Waals surface area (Å²) in [4.78, 5) is 22.4. The van der Waals surface area contributed by atoms with Crippen molar-refractivity contribution in [3.8, 4) is 0 Å². The first-order chi connectivity index (χ1) is 9.52. The fraction of sp³-hybridized carbons (Fsp3) is 0.143. The van der Waals surface area contributed by atoms with E-state index in [1.807, 2.05) is 0 Å². The van der Waals surface area contributed by atoms with Gasteiger partial charge in [0.1, 0.15) is 0 Å². The molecule has 1 rings (SSSR count). The molecule has 0 aromatic heterocycles. The summed E-state index contributed by atoms with van der Waals surface area (Å²) in [5.74, 6) is -2.37. The molecule has 0 aliphatic heterocycles. The standard InChI is InChI=1S/C14H14O6/c15-7-1-3-9-10(4-2-8-16)12(14(19)20)6-5-11(9)13(17)18/h1-2,5-8,15-16H,3-4H2,(H,17,18)(H,19,20). The predicted molar refractivity (Wildman–Crippen MR) is 71.3 cm³/mol. The van der Waals surface area contributed by atoms with Crippen LogP contribution < -0.4 is 0 Å². The molecule has 4 N–H and O–H groups in total. The molecule has 6 nitrogen and oxygen atoms in total. The number of carboxylic acids is 2. The van der Waals surface area contributed by atoms with Gasteiger partial charge in [-0.1, -0.05) is 0 Å². The van der Waals surface area contributed by atoms with Crippen molar-refractivity contribution in [1.29, 1.82) is 0 Å². The Labute approximate surface area is 114 Å². The molecule has 0 unspecified atom stereocenters. The van der Waals surface area contributed by atoms with Crippen molar-refractivity contribution < 1.29 is 30.0 Å². The number of aromatic carboxylic acids is 2. The van der Waals surface area contributed by atoms with Gasteiger partial charge in [0.2, 0.25) is 0 Å². The minimum absolute atomic E-state index is 0.0329. The normalized spacial score (nSPS) is 11.2. The average Bonchev–Trinajstić information content (AvgIpc) is 2.41. The lowest BCUT2D eigenvalue weighted by molar-refractivity contribution is 0.0679. The summed E-state index contributed by atoms with van der Waals surface area (Å²) in [7, 11) is 0. The van der Waals surface area contributed by atoms with Crippen molar-refractivity contribution >= 4 is 11.9 Å². The molecule has 0 aliphatic rings. The van der Waals surface area contributed by atoms with E-state index in [0.717, 1.165) is 12.5 Å². The molecule has 1 aromatic carbocycles. The van der Waals surface area contributed by atoms with Crippen molar-refractivity contribution in [3.63, 3.8) is 0 Å². The highest BCUT2D eigenvalue weighted by Gasteiger charge is 2.19. The molecule has 0 bridgehead atoms. The molecule has 0 spiro atoms. The van der Waals surface area contributed by atoms with E-state index in [1.165, 1.54) is 24.3 Å². The van der Waals surface area contributed by atoms with Crippen LogP contribution in [0.15, 0.2) is 36.8 Å². The molecule has 0 amide bonds. The minimum Gasteiger partial charge on any atom is -0.516 e. The Bertz CT molecular complexity index is 520. The molecule has 0 heterocycles. The van der Waals surface area contributed by atoms with Crippen LogP contribution in [0, 0.1) is 0 Å². The zero-order chi connectivity index (χ0) is 15.1. The molecule has 0 saturated carbocycles. The SMILES string of the molecule is O=C(O)c1ccc(C(=O)O)c(CC=CO)c1CC=CO. The quantitative estimate of drug-likeness (QED) is 0.593. The van der Waals surface area contributed by atoms with Crippen molar-refractivity contribution in [3.05, 3.63) is 59.1 Å². The van der Waals surface area contributed by atoms with Crippen molar-refractivity contribution in [2.24, 2.45) is 0 Å². The number of carboxylic acid groups (broad SMARTS) is 2. The zero-order valence-corrected chi connectivity index (χ0v) is 10.5. The van der Waals surface area contributed by atoms with Gasteiger partial charge in [0, 0.05) is 0 Å². The number of rotatable bonds is 6. The number of benzene rings is 1. The number of hydrogen-bond acceptors (Lipinski definition) is 4. The van der Waals surface area contributed by atoms with Gasteiger partial charge in [-0.3, -0.25) is 0 Å². The lowest BCUT2D eigenvalue weighted by Gasteiger charge is -2.13. The number of allylic oxidation sites excluding steroid dienone is 2. The van der Waals surface area contributed by atoms with Gasteiger partial charge in [-0.25, -0.2) is 9.59 Å². The lowest BCUT2D eigenvalue weighted by Crippen LogP contribution is -2.11. The highest BCUT2D eigenvalue weighted by molar-refractivity contribution is 5.95. The van der Waals surface area contributed by atoms with Crippen molar-refractivity contribution in [2.45, 2.75) is 12.8 Å². The molecule has 106 valence electrons. The van der Waals surface area contributed by atoms with Crippen LogP contribution in [-0.4, -0.2) is 32.4 Å². The summed E-state index contributed by atoms with van der Waals surface area (Å²) in [6.45, 7) is 0. The second-order valence-electron chi connectivity index (χ2n) is 3.91. The van der Waals surface area contributed by atoms with Gasteiger partial charge >= 0.3 is 11.9 Å². The van der Waals surface area contributed by atoms with Gasteiger partial charge < -0.3 is 20.4 Å². The zero-order valence-electron chi connectivity index (χ0n) is 10.5. The molecule has 0 radical (unpaired) electrons. The molecule has 0 atom stereocenters. The van der Waals surface area contributed by atoms with Crippen LogP contribution >= 0.6 is 0 Å². The molecule has 6 heteroatoms. The van der Waals surface area contributed by atoms with E-state index in [2.05, 4.69) is 0 Å². The van der Waals surface area contributed by atoms with Gasteiger partial charge in [-0.2, -0.15) is 0 Å².